The minimum absolute atomic E-state index is 0.0743. The maximum atomic E-state index is 10.9. The first-order chi connectivity index (χ1) is 11.7. The van der Waals surface area contributed by atoms with Gasteiger partial charge in [0.15, 0.2) is 5.69 Å². The number of benzene rings is 1. The van der Waals surface area contributed by atoms with Crippen molar-refractivity contribution in [2.45, 2.75) is 6.54 Å². The van der Waals surface area contributed by atoms with Crippen LogP contribution in [0.15, 0.2) is 42.7 Å². The Bertz CT molecular complexity index is 619. The summed E-state index contributed by atoms with van der Waals surface area (Å²) < 4.78 is 10.5. The second-order valence-electron chi connectivity index (χ2n) is 5.08. The minimum atomic E-state index is -1.09. The molecular weight excluding hydrogens is 310 g/mol. The first-order valence-corrected chi connectivity index (χ1v) is 7.61. The number of carboxylic acids is 1. The summed E-state index contributed by atoms with van der Waals surface area (Å²) >= 11 is 0. The normalized spacial score (nSPS) is 10.5. The van der Waals surface area contributed by atoms with Gasteiger partial charge in [-0.1, -0.05) is 30.3 Å². The molecule has 1 N–H and O–H groups in total. The van der Waals surface area contributed by atoms with Gasteiger partial charge in [0.25, 0.3) is 0 Å². The van der Waals surface area contributed by atoms with Gasteiger partial charge in [0.2, 0.25) is 0 Å². The highest BCUT2D eigenvalue weighted by molar-refractivity contribution is 5.84. The number of methoxy groups -OCH3 is 1. The molecule has 7 heteroatoms. The third-order valence-electron chi connectivity index (χ3n) is 3.33. The number of carboxylic acid groups (broad SMARTS) is 1. The first-order valence-electron chi connectivity index (χ1n) is 7.61. The molecule has 0 saturated carbocycles. The van der Waals surface area contributed by atoms with Crippen LogP contribution in [0.5, 0.6) is 0 Å². The molecule has 0 fully saturated rings. The lowest BCUT2D eigenvalue weighted by Crippen LogP contribution is -2.28. The standard InChI is InChI=1S/C17H21N3O4/c1-23-9-10-24-8-7-20(13-14-5-3-2-4-6-14)16-12-18-15(11-19-16)17(21)22/h2-6,11-12H,7-10,13H2,1H3,(H,21,22). The molecule has 24 heavy (non-hydrogen) atoms. The van der Waals surface area contributed by atoms with Crippen LogP contribution in [-0.2, 0) is 16.0 Å². The van der Waals surface area contributed by atoms with Crippen molar-refractivity contribution >= 4 is 11.8 Å². The number of aromatic nitrogens is 2. The number of hydrogen-bond acceptors (Lipinski definition) is 6. The second-order valence-corrected chi connectivity index (χ2v) is 5.08. The predicted octanol–water partition coefficient (Wildman–Crippen LogP) is 1.84. The summed E-state index contributed by atoms with van der Waals surface area (Å²) in [5.41, 5.74) is 1.05. The molecule has 0 spiro atoms. The van der Waals surface area contributed by atoms with E-state index < -0.39 is 5.97 Å². The Morgan fingerprint density at radius 3 is 2.54 bits per heavy atom. The van der Waals surface area contributed by atoms with Crippen LogP contribution in [0.2, 0.25) is 0 Å². The predicted molar refractivity (Wildman–Crippen MR) is 89.2 cm³/mol. The van der Waals surface area contributed by atoms with Gasteiger partial charge in [-0.25, -0.2) is 14.8 Å². The fourth-order valence-electron chi connectivity index (χ4n) is 2.09. The smallest absolute Gasteiger partial charge is 0.356 e. The van der Waals surface area contributed by atoms with Gasteiger partial charge >= 0.3 is 5.97 Å². The van der Waals surface area contributed by atoms with Crippen LogP contribution in [0.3, 0.4) is 0 Å². The monoisotopic (exact) mass is 331 g/mol. The highest BCUT2D eigenvalue weighted by Gasteiger charge is 2.11. The van der Waals surface area contributed by atoms with Gasteiger partial charge in [0, 0.05) is 20.2 Å². The van der Waals surface area contributed by atoms with Gasteiger partial charge < -0.3 is 19.5 Å². The maximum Gasteiger partial charge on any atom is 0.356 e. The molecule has 0 aliphatic rings. The lowest BCUT2D eigenvalue weighted by molar-refractivity contribution is 0.0690. The molecule has 128 valence electrons. The van der Waals surface area contributed by atoms with Crippen molar-refractivity contribution in [1.29, 1.82) is 0 Å². The quantitative estimate of drug-likeness (QED) is 0.665. The molecule has 0 bridgehead atoms. The van der Waals surface area contributed by atoms with E-state index in [1.54, 1.807) is 7.11 Å². The number of anilines is 1. The molecule has 0 aliphatic carbocycles. The summed E-state index contributed by atoms with van der Waals surface area (Å²) in [5, 5.41) is 8.93. The molecule has 2 aromatic rings. The van der Waals surface area contributed by atoms with Crippen LogP contribution in [-0.4, -0.2) is 54.5 Å². The van der Waals surface area contributed by atoms with E-state index in [-0.39, 0.29) is 5.69 Å². The van der Waals surface area contributed by atoms with E-state index in [9.17, 15) is 4.79 Å². The Hall–Kier alpha value is -2.51. The molecule has 0 unspecified atom stereocenters. The maximum absolute atomic E-state index is 10.9. The van der Waals surface area contributed by atoms with Crippen LogP contribution in [0.1, 0.15) is 16.1 Å². The SMILES string of the molecule is COCCOCCN(Cc1ccccc1)c1cnc(C(=O)O)cn1. The van der Waals surface area contributed by atoms with Crippen molar-refractivity contribution in [3.8, 4) is 0 Å². The number of carbonyl (C=O) groups is 1. The van der Waals surface area contributed by atoms with Crippen LogP contribution >= 0.6 is 0 Å². The summed E-state index contributed by atoms with van der Waals surface area (Å²) in [6.45, 7) is 2.83. The van der Waals surface area contributed by atoms with Gasteiger partial charge in [0.1, 0.15) is 5.82 Å². The second kappa shape index (κ2) is 9.59. The highest BCUT2D eigenvalue weighted by atomic mass is 16.5. The summed E-state index contributed by atoms with van der Waals surface area (Å²) in [5.74, 6) is -0.481. The number of rotatable bonds is 10. The molecule has 0 aliphatic heterocycles. The van der Waals surface area contributed by atoms with E-state index in [2.05, 4.69) is 9.97 Å². The molecule has 0 saturated heterocycles. The van der Waals surface area contributed by atoms with Gasteiger partial charge in [-0.2, -0.15) is 0 Å². The molecule has 0 atom stereocenters. The Kier molecular flexibility index (Phi) is 7.13. The highest BCUT2D eigenvalue weighted by Crippen LogP contribution is 2.13. The molecule has 0 amide bonds. The van der Waals surface area contributed by atoms with E-state index in [4.69, 9.17) is 14.6 Å². The third kappa shape index (κ3) is 5.60. The molecule has 1 heterocycles. The number of nitrogens with zero attached hydrogens (tertiary/aromatic N) is 3. The van der Waals surface area contributed by atoms with Crippen molar-refractivity contribution in [1.82, 2.24) is 9.97 Å². The summed E-state index contributed by atoms with van der Waals surface area (Å²) in [4.78, 5) is 21.0. The zero-order valence-electron chi connectivity index (χ0n) is 13.6. The number of aromatic carboxylic acids is 1. The van der Waals surface area contributed by atoms with Crippen LogP contribution in [0.25, 0.3) is 0 Å². The van der Waals surface area contributed by atoms with Crippen LogP contribution in [0.4, 0.5) is 5.82 Å². The molecular formula is C17H21N3O4. The van der Waals surface area contributed by atoms with Crippen molar-refractivity contribution in [3.63, 3.8) is 0 Å². The average Bonchev–Trinajstić information content (AvgIpc) is 2.61. The van der Waals surface area contributed by atoms with Crippen molar-refractivity contribution in [2.24, 2.45) is 0 Å². The Morgan fingerprint density at radius 1 is 1.12 bits per heavy atom. The number of ether oxygens (including phenoxy) is 2. The lowest BCUT2D eigenvalue weighted by atomic mass is 10.2. The summed E-state index contributed by atoms with van der Waals surface area (Å²) in [7, 11) is 1.63. The van der Waals surface area contributed by atoms with E-state index in [1.807, 2.05) is 35.2 Å². The third-order valence-corrected chi connectivity index (χ3v) is 3.33. The fourth-order valence-corrected chi connectivity index (χ4v) is 2.09. The topological polar surface area (TPSA) is 84.8 Å². The van der Waals surface area contributed by atoms with Crippen LogP contribution < -0.4 is 4.90 Å². The molecule has 1 aromatic carbocycles. The average molecular weight is 331 g/mol. The minimum Gasteiger partial charge on any atom is -0.476 e. The van der Waals surface area contributed by atoms with E-state index in [0.717, 1.165) is 5.56 Å². The number of hydrogen-bond donors (Lipinski definition) is 1. The van der Waals surface area contributed by atoms with Gasteiger partial charge in [-0.15, -0.1) is 0 Å². The van der Waals surface area contributed by atoms with Gasteiger partial charge in [-0.3, -0.25) is 0 Å². The van der Waals surface area contributed by atoms with Gasteiger partial charge in [0.05, 0.1) is 32.2 Å². The van der Waals surface area contributed by atoms with Crippen LogP contribution in [0, 0.1) is 0 Å². The van der Waals surface area contributed by atoms with Gasteiger partial charge in [-0.05, 0) is 5.56 Å². The fraction of sp³-hybridized carbons (Fsp3) is 0.353. The molecule has 2 rings (SSSR count). The Balaban J connectivity index is 2.04. The molecule has 7 nitrogen and oxygen atoms in total. The van der Waals surface area contributed by atoms with E-state index in [0.29, 0.717) is 38.7 Å². The largest absolute Gasteiger partial charge is 0.476 e. The Labute approximate surface area is 140 Å². The molecule has 1 aromatic heterocycles. The summed E-state index contributed by atoms with van der Waals surface area (Å²) in [6, 6.07) is 9.96. The van der Waals surface area contributed by atoms with E-state index >= 15 is 0 Å². The zero-order valence-corrected chi connectivity index (χ0v) is 13.6. The Morgan fingerprint density at radius 2 is 1.92 bits per heavy atom. The first kappa shape index (κ1) is 17.8. The lowest BCUT2D eigenvalue weighted by Gasteiger charge is -2.23. The zero-order chi connectivity index (χ0) is 17.2. The van der Waals surface area contributed by atoms with Crippen molar-refractivity contribution in [3.05, 3.63) is 54.0 Å². The van der Waals surface area contributed by atoms with Crippen molar-refractivity contribution < 1.29 is 19.4 Å². The van der Waals surface area contributed by atoms with E-state index in [1.165, 1.54) is 12.4 Å². The van der Waals surface area contributed by atoms with Crippen molar-refractivity contribution in [2.75, 3.05) is 38.4 Å². The molecule has 0 radical (unpaired) electrons. The summed E-state index contributed by atoms with van der Waals surface area (Å²) in [6.07, 6.45) is 2.74.